The number of amides is 2. The summed E-state index contributed by atoms with van der Waals surface area (Å²) in [7, 11) is 0. The Hall–Kier alpha value is -3.14. The molecule has 0 radical (unpaired) electrons. The van der Waals surface area contributed by atoms with Crippen molar-refractivity contribution in [1.29, 1.82) is 0 Å². The van der Waals surface area contributed by atoms with Crippen molar-refractivity contribution in [2.24, 2.45) is 0 Å². The van der Waals surface area contributed by atoms with E-state index < -0.39 is 0 Å². The molecular formula is C23H22N2O2. The summed E-state index contributed by atoms with van der Waals surface area (Å²) in [6.07, 6.45) is 1.73. The number of carbonyl (C=O) groups is 2. The van der Waals surface area contributed by atoms with Gasteiger partial charge in [-0.25, -0.2) is 0 Å². The van der Waals surface area contributed by atoms with E-state index in [2.05, 4.69) is 18.2 Å². The Labute approximate surface area is 159 Å². The molecule has 3 aromatic carbocycles. The lowest BCUT2D eigenvalue weighted by Gasteiger charge is -2.28. The highest BCUT2D eigenvalue weighted by atomic mass is 16.2. The van der Waals surface area contributed by atoms with Gasteiger partial charge in [0.15, 0.2) is 0 Å². The van der Waals surface area contributed by atoms with Crippen molar-refractivity contribution in [2.45, 2.75) is 19.3 Å². The first-order chi connectivity index (χ1) is 13.2. The first kappa shape index (κ1) is 17.3. The lowest BCUT2D eigenvalue weighted by Crippen LogP contribution is -2.43. The molecule has 1 heterocycles. The molecule has 0 N–H and O–H groups in total. The van der Waals surface area contributed by atoms with Crippen molar-refractivity contribution < 1.29 is 9.59 Å². The van der Waals surface area contributed by atoms with Crippen LogP contribution in [0.3, 0.4) is 0 Å². The quantitative estimate of drug-likeness (QED) is 0.692. The number of hydrogen-bond donors (Lipinski definition) is 0. The zero-order valence-electron chi connectivity index (χ0n) is 15.2. The molecule has 1 aliphatic rings. The van der Waals surface area contributed by atoms with Gasteiger partial charge in [-0.05, 0) is 34.9 Å². The molecule has 1 saturated heterocycles. The van der Waals surface area contributed by atoms with Crippen LogP contribution < -0.4 is 4.90 Å². The summed E-state index contributed by atoms with van der Waals surface area (Å²) in [5, 5.41) is 2.22. The molecular weight excluding hydrogens is 336 g/mol. The smallest absolute Gasteiger partial charge is 0.232 e. The fraction of sp³-hybridized carbons (Fsp3) is 0.217. The van der Waals surface area contributed by atoms with Gasteiger partial charge < -0.3 is 4.90 Å². The largest absolute Gasteiger partial charge is 0.324 e. The van der Waals surface area contributed by atoms with Crippen LogP contribution >= 0.6 is 0 Å². The van der Waals surface area contributed by atoms with Gasteiger partial charge in [-0.1, -0.05) is 60.7 Å². The first-order valence-corrected chi connectivity index (χ1v) is 9.32. The number of carbonyl (C=O) groups excluding carboxylic acids is 2. The Morgan fingerprint density at radius 1 is 0.926 bits per heavy atom. The van der Waals surface area contributed by atoms with Gasteiger partial charge in [-0.15, -0.1) is 0 Å². The molecule has 136 valence electrons. The predicted octanol–water partition coefficient (Wildman–Crippen LogP) is 4.00. The van der Waals surface area contributed by atoms with Gasteiger partial charge in [0.2, 0.25) is 11.8 Å². The highest BCUT2D eigenvalue weighted by Crippen LogP contribution is 2.22. The van der Waals surface area contributed by atoms with Gasteiger partial charge in [0.05, 0.1) is 6.42 Å². The van der Waals surface area contributed by atoms with E-state index in [-0.39, 0.29) is 11.8 Å². The maximum absolute atomic E-state index is 13.2. The maximum atomic E-state index is 13.2. The van der Waals surface area contributed by atoms with Crippen LogP contribution in [0.15, 0.2) is 72.8 Å². The second kappa shape index (κ2) is 7.62. The maximum Gasteiger partial charge on any atom is 0.232 e. The summed E-state index contributed by atoms with van der Waals surface area (Å²) in [6, 6.07) is 23.8. The Balaban J connectivity index is 1.63. The highest BCUT2D eigenvalue weighted by molar-refractivity contribution is 5.98. The molecule has 2 amide bonds. The number of nitrogens with zero attached hydrogens (tertiary/aromatic N) is 2. The molecule has 0 unspecified atom stereocenters. The predicted molar refractivity (Wildman–Crippen MR) is 107 cm³/mol. The summed E-state index contributed by atoms with van der Waals surface area (Å²) in [5.74, 6) is 0.117. The molecule has 1 fully saturated rings. The lowest BCUT2D eigenvalue weighted by molar-refractivity contribution is -0.128. The molecule has 0 atom stereocenters. The summed E-state index contributed by atoms with van der Waals surface area (Å²) in [4.78, 5) is 28.8. The third kappa shape index (κ3) is 3.70. The van der Waals surface area contributed by atoms with Crippen LogP contribution in [0.4, 0.5) is 5.69 Å². The molecule has 0 spiro atoms. The third-order valence-corrected chi connectivity index (χ3v) is 5.07. The summed E-state index contributed by atoms with van der Waals surface area (Å²) < 4.78 is 0. The molecule has 0 saturated carbocycles. The minimum atomic E-state index is -0.00254. The number of likely N-dealkylation sites (tertiary alicyclic amines) is 1. The van der Waals surface area contributed by atoms with Gasteiger partial charge in [-0.2, -0.15) is 0 Å². The molecule has 3 aromatic rings. The van der Waals surface area contributed by atoms with Crippen LogP contribution in [0.1, 0.15) is 18.4 Å². The third-order valence-electron chi connectivity index (χ3n) is 5.07. The van der Waals surface area contributed by atoms with Crippen molar-refractivity contribution in [1.82, 2.24) is 4.90 Å². The van der Waals surface area contributed by atoms with Crippen LogP contribution in [0.5, 0.6) is 0 Å². The normalized spacial score (nSPS) is 13.9. The van der Waals surface area contributed by atoms with Gasteiger partial charge in [0, 0.05) is 18.7 Å². The number of para-hydroxylation sites is 1. The van der Waals surface area contributed by atoms with Gasteiger partial charge in [-0.3, -0.25) is 14.5 Å². The Kier molecular flexibility index (Phi) is 4.88. The number of fused-ring (bicyclic) bond motifs is 1. The summed E-state index contributed by atoms with van der Waals surface area (Å²) in [6.45, 7) is 1.02. The molecule has 1 aliphatic heterocycles. The monoisotopic (exact) mass is 358 g/mol. The first-order valence-electron chi connectivity index (χ1n) is 9.32. The second-order valence-corrected chi connectivity index (χ2v) is 6.87. The number of anilines is 1. The zero-order chi connectivity index (χ0) is 18.6. The van der Waals surface area contributed by atoms with Crippen molar-refractivity contribution in [3.63, 3.8) is 0 Å². The van der Waals surface area contributed by atoms with Crippen LogP contribution in [-0.2, 0) is 16.0 Å². The fourth-order valence-electron chi connectivity index (χ4n) is 3.64. The standard InChI is InChI=1S/C23H22N2O2/c26-22-14-7-15-24(22)17-25(20-11-2-1-3-12-20)23(27)16-19-10-6-9-18-8-4-5-13-21(18)19/h1-6,8-13H,7,14-17H2. The van der Waals surface area contributed by atoms with Crippen LogP contribution in [0.25, 0.3) is 10.8 Å². The number of benzene rings is 3. The molecule has 0 bridgehead atoms. The second-order valence-electron chi connectivity index (χ2n) is 6.87. The topological polar surface area (TPSA) is 40.6 Å². The highest BCUT2D eigenvalue weighted by Gasteiger charge is 2.25. The van der Waals surface area contributed by atoms with Crippen molar-refractivity contribution >= 4 is 28.3 Å². The molecule has 4 nitrogen and oxygen atoms in total. The number of rotatable bonds is 5. The van der Waals surface area contributed by atoms with Gasteiger partial charge in [0.1, 0.15) is 6.67 Å². The molecule has 0 aromatic heterocycles. The lowest BCUT2D eigenvalue weighted by atomic mass is 10.0. The summed E-state index contributed by atoms with van der Waals surface area (Å²) >= 11 is 0. The minimum absolute atomic E-state index is 0.00254. The summed E-state index contributed by atoms with van der Waals surface area (Å²) in [5.41, 5.74) is 1.83. The Morgan fingerprint density at radius 3 is 2.44 bits per heavy atom. The van der Waals surface area contributed by atoms with E-state index in [1.165, 1.54) is 0 Å². The SMILES string of the molecule is O=C1CCCN1CN(C(=O)Cc1cccc2ccccc12)c1ccccc1. The van der Waals surface area contributed by atoms with Gasteiger partial charge >= 0.3 is 0 Å². The van der Waals surface area contributed by atoms with E-state index in [1.807, 2.05) is 54.6 Å². The van der Waals surface area contributed by atoms with Crippen molar-refractivity contribution in [2.75, 3.05) is 18.1 Å². The van der Waals surface area contributed by atoms with E-state index in [1.54, 1.807) is 9.80 Å². The Morgan fingerprint density at radius 2 is 1.67 bits per heavy atom. The molecule has 27 heavy (non-hydrogen) atoms. The Bertz CT molecular complexity index is 963. The van der Waals surface area contributed by atoms with Crippen LogP contribution in [-0.4, -0.2) is 29.9 Å². The van der Waals surface area contributed by atoms with E-state index in [0.29, 0.717) is 26.1 Å². The minimum Gasteiger partial charge on any atom is -0.324 e. The van der Waals surface area contributed by atoms with E-state index in [9.17, 15) is 9.59 Å². The molecule has 4 rings (SSSR count). The molecule has 4 heteroatoms. The average molecular weight is 358 g/mol. The fourth-order valence-corrected chi connectivity index (χ4v) is 3.64. The van der Waals surface area contributed by atoms with Crippen LogP contribution in [0.2, 0.25) is 0 Å². The number of hydrogen-bond acceptors (Lipinski definition) is 2. The average Bonchev–Trinajstić information content (AvgIpc) is 3.11. The zero-order valence-corrected chi connectivity index (χ0v) is 15.2. The van der Waals surface area contributed by atoms with Gasteiger partial charge in [0.25, 0.3) is 0 Å². The van der Waals surface area contributed by atoms with Crippen molar-refractivity contribution in [3.8, 4) is 0 Å². The van der Waals surface area contributed by atoms with E-state index in [0.717, 1.165) is 28.4 Å². The van der Waals surface area contributed by atoms with E-state index >= 15 is 0 Å². The van der Waals surface area contributed by atoms with E-state index in [4.69, 9.17) is 0 Å². The van der Waals surface area contributed by atoms with Crippen LogP contribution in [0, 0.1) is 0 Å². The van der Waals surface area contributed by atoms with Crippen molar-refractivity contribution in [3.05, 3.63) is 78.4 Å². The molecule has 0 aliphatic carbocycles.